The van der Waals surface area contributed by atoms with Crippen LogP contribution in [0.5, 0.6) is 5.75 Å². The fourth-order valence-electron chi connectivity index (χ4n) is 2.45. The van der Waals surface area contributed by atoms with Gasteiger partial charge in [0.2, 0.25) is 0 Å². The average molecular weight is 237 g/mol. The molecule has 18 heavy (non-hydrogen) atoms. The minimum Gasteiger partial charge on any atom is -0.506 e. The topological polar surface area (TPSA) is 78.9 Å². The van der Waals surface area contributed by atoms with Crippen molar-refractivity contribution in [2.45, 2.75) is 0 Å². The molecular formula is C13H7N3O2. The van der Waals surface area contributed by atoms with E-state index in [1.165, 1.54) is 6.20 Å². The summed E-state index contributed by atoms with van der Waals surface area (Å²) in [5, 5.41) is 20.2. The van der Waals surface area contributed by atoms with Crippen molar-refractivity contribution in [3.8, 4) is 5.75 Å². The predicted octanol–water partition coefficient (Wildman–Crippen LogP) is 1.77. The Balaban J connectivity index is 2.53. The lowest BCUT2D eigenvalue weighted by atomic mass is 10.0. The second-order valence-corrected chi connectivity index (χ2v) is 4.21. The van der Waals surface area contributed by atoms with E-state index < -0.39 is 0 Å². The maximum absolute atomic E-state index is 12.4. The Morgan fingerprint density at radius 1 is 1.06 bits per heavy atom. The van der Waals surface area contributed by atoms with Gasteiger partial charge in [-0.3, -0.25) is 4.79 Å². The van der Waals surface area contributed by atoms with Gasteiger partial charge in [0.05, 0.1) is 16.3 Å². The van der Waals surface area contributed by atoms with E-state index in [1.807, 2.05) is 0 Å². The molecule has 0 aliphatic heterocycles. The molecule has 0 saturated carbocycles. The fraction of sp³-hybridized carbons (Fsp3) is 0. The molecule has 0 unspecified atom stereocenters. The zero-order valence-corrected chi connectivity index (χ0v) is 9.14. The number of rotatable bonds is 0. The molecule has 0 saturated heterocycles. The summed E-state index contributed by atoms with van der Waals surface area (Å²) < 4.78 is 0. The van der Waals surface area contributed by atoms with Gasteiger partial charge < -0.3 is 10.1 Å². The maximum Gasteiger partial charge on any atom is 0.196 e. The number of fused-ring (bicyclic) bond motifs is 2. The van der Waals surface area contributed by atoms with E-state index in [4.69, 9.17) is 0 Å². The lowest BCUT2D eigenvalue weighted by Gasteiger charge is -2.03. The Bertz CT molecular complexity index is 959. The molecule has 4 rings (SSSR count). The molecular weight excluding hydrogens is 230 g/mol. The Kier molecular flexibility index (Phi) is 1.53. The number of aromatic nitrogens is 3. The summed E-state index contributed by atoms with van der Waals surface area (Å²) in [6.07, 6.45) is 3.01. The van der Waals surface area contributed by atoms with E-state index in [9.17, 15) is 9.90 Å². The average Bonchev–Trinajstić information content (AvgIpc) is 2.81. The third kappa shape index (κ3) is 0.940. The summed E-state index contributed by atoms with van der Waals surface area (Å²) in [7, 11) is 0. The van der Waals surface area contributed by atoms with Crippen LogP contribution in [0.4, 0.5) is 0 Å². The SMILES string of the molecule is O=c1c2c[nH]cc(O)c2c2nnc3cccc1c32. The molecule has 5 nitrogen and oxygen atoms in total. The summed E-state index contributed by atoms with van der Waals surface area (Å²) in [5.74, 6) is 0.0113. The first-order valence-corrected chi connectivity index (χ1v) is 5.47. The first kappa shape index (κ1) is 9.35. The molecule has 0 aliphatic carbocycles. The monoisotopic (exact) mass is 237 g/mol. The quantitative estimate of drug-likeness (QED) is 0.457. The molecule has 0 bridgehead atoms. The van der Waals surface area contributed by atoms with Crippen molar-refractivity contribution in [2.24, 2.45) is 0 Å². The van der Waals surface area contributed by atoms with Gasteiger partial charge in [-0.25, -0.2) is 0 Å². The van der Waals surface area contributed by atoms with Gasteiger partial charge in [0, 0.05) is 23.2 Å². The Labute approximate surface area is 100 Å². The lowest BCUT2D eigenvalue weighted by molar-refractivity contribution is 0.479. The molecule has 2 aromatic heterocycles. The standard InChI is InChI=1S/C13H7N3O2/c17-9-5-14-4-7-11(9)12-10-6(13(7)18)2-1-3-8(10)15-16-12/h1-5,14,17H. The zero-order valence-electron chi connectivity index (χ0n) is 9.14. The highest BCUT2D eigenvalue weighted by atomic mass is 16.3. The number of aromatic hydroxyl groups is 1. The minimum atomic E-state index is -0.120. The van der Waals surface area contributed by atoms with Crippen molar-refractivity contribution < 1.29 is 5.11 Å². The van der Waals surface area contributed by atoms with Gasteiger partial charge in [0.25, 0.3) is 0 Å². The molecule has 4 aromatic rings. The Morgan fingerprint density at radius 2 is 1.94 bits per heavy atom. The molecule has 86 valence electrons. The first-order valence-electron chi connectivity index (χ1n) is 5.47. The molecule has 2 heterocycles. The van der Waals surface area contributed by atoms with Crippen LogP contribution in [-0.4, -0.2) is 20.3 Å². The predicted molar refractivity (Wildman–Crippen MR) is 68.0 cm³/mol. The number of benzene rings is 2. The van der Waals surface area contributed by atoms with Crippen LogP contribution in [0.15, 0.2) is 35.4 Å². The number of pyridine rings is 1. The van der Waals surface area contributed by atoms with Crippen molar-refractivity contribution in [1.29, 1.82) is 0 Å². The van der Waals surface area contributed by atoms with Crippen LogP contribution in [0.3, 0.4) is 0 Å². The fourth-order valence-corrected chi connectivity index (χ4v) is 2.45. The largest absolute Gasteiger partial charge is 0.506 e. The lowest BCUT2D eigenvalue weighted by Crippen LogP contribution is -2.02. The highest BCUT2D eigenvalue weighted by Gasteiger charge is 2.16. The van der Waals surface area contributed by atoms with Crippen molar-refractivity contribution in [1.82, 2.24) is 15.2 Å². The van der Waals surface area contributed by atoms with E-state index in [-0.39, 0.29) is 11.2 Å². The molecule has 0 aliphatic rings. The molecule has 2 N–H and O–H groups in total. The van der Waals surface area contributed by atoms with Gasteiger partial charge in [-0.15, -0.1) is 10.2 Å². The summed E-state index contributed by atoms with van der Waals surface area (Å²) >= 11 is 0. The first-order chi connectivity index (χ1) is 8.77. The van der Waals surface area contributed by atoms with Crippen LogP contribution in [-0.2, 0) is 0 Å². The number of nitrogens with one attached hydrogen (secondary N) is 1. The van der Waals surface area contributed by atoms with Crippen LogP contribution >= 0.6 is 0 Å². The normalized spacial score (nSPS) is 11.8. The van der Waals surface area contributed by atoms with Crippen LogP contribution < -0.4 is 5.43 Å². The third-order valence-corrected chi connectivity index (χ3v) is 3.24. The summed E-state index contributed by atoms with van der Waals surface area (Å²) in [4.78, 5) is 15.1. The number of aromatic amines is 1. The summed E-state index contributed by atoms with van der Waals surface area (Å²) in [6, 6.07) is 5.34. The van der Waals surface area contributed by atoms with Crippen molar-refractivity contribution in [2.75, 3.05) is 0 Å². The molecule has 0 fully saturated rings. The van der Waals surface area contributed by atoms with Gasteiger partial charge in [0.1, 0.15) is 11.3 Å². The molecule has 0 radical (unpaired) electrons. The van der Waals surface area contributed by atoms with Crippen molar-refractivity contribution in [3.05, 3.63) is 40.8 Å². The number of hydrogen-bond acceptors (Lipinski definition) is 4. The smallest absolute Gasteiger partial charge is 0.196 e. The Morgan fingerprint density at radius 3 is 2.83 bits per heavy atom. The van der Waals surface area contributed by atoms with Crippen LogP contribution in [0.1, 0.15) is 0 Å². The highest BCUT2D eigenvalue weighted by Crippen LogP contribution is 2.32. The molecule has 5 heteroatoms. The number of H-pyrrole nitrogens is 1. The van der Waals surface area contributed by atoms with Crippen molar-refractivity contribution >= 4 is 32.6 Å². The van der Waals surface area contributed by atoms with Gasteiger partial charge >= 0.3 is 0 Å². The second-order valence-electron chi connectivity index (χ2n) is 4.21. The Hall–Kier alpha value is -2.69. The maximum atomic E-state index is 12.4. The number of nitrogens with zero attached hydrogens (tertiary/aromatic N) is 2. The molecule has 0 atom stereocenters. The minimum absolute atomic E-state index is 0.0113. The van der Waals surface area contributed by atoms with E-state index in [0.717, 1.165) is 5.39 Å². The van der Waals surface area contributed by atoms with Gasteiger partial charge in [-0.05, 0) is 6.07 Å². The van der Waals surface area contributed by atoms with E-state index in [2.05, 4.69) is 15.2 Å². The highest BCUT2D eigenvalue weighted by molar-refractivity contribution is 6.20. The van der Waals surface area contributed by atoms with E-state index in [1.54, 1.807) is 24.4 Å². The third-order valence-electron chi connectivity index (χ3n) is 3.24. The van der Waals surface area contributed by atoms with Crippen LogP contribution in [0.2, 0.25) is 0 Å². The summed E-state index contributed by atoms with van der Waals surface area (Å²) in [6.45, 7) is 0. The summed E-state index contributed by atoms with van der Waals surface area (Å²) in [5.41, 5.74) is 1.13. The second kappa shape index (κ2) is 2.95. The molecule has 2 aromatic carbocycles. The van der Waals surface area contributed by atoms with Crippen LogP contribution in [0, 0.1) is 0 Å². The number of hydrogen-bond donors (Lipinski definition) is 2. The zero-order chi connectivity index (χ0) is 12.3. The van der Waals surface area contributed by atoms with Gasteiger partial charge in [-0.2, -0.15) is 0 Å². The molecule has 0 spiro atoms. The van der Waals surface area contributed by atoms with Gasteiger partial charge in [-0.1, -0.05) is 12.1 Å². The van der Waals surface area contributed by atoms with Crippen LogP contribution in [0.25, 0.3) is 32.6 Å². The molecule has 0 amide bonds. The van der Waals surface area contributed by atoms with E-state index >= 15 is 0 Å². The van der Waals surface area contributed by atoms with E-state index in [0.29, 0.717) is 27.2 Å². The van der Waals surface area contributed by atoms with Gasteiger partial charge in [0.15, 0.2) is 5.43 Å². The van der Waals surface area contributed by atoms with Crippen molar-refractivity contribution in [3.63, 3.8) is 0 Å².